The van der Waals surface area contributed by atoms with E-state index in [0.717, 1.165) is 24.3 Å². The summed E-state index contributed by atoms with van der Waals surface area (Å²) in [7, 11) is 0. The first-order valence-electron chi connectivity index (χ1n) is 13.1. The number of allylic oxidation sites excluding steroid dienone is 1. The van der Waals surface area contributed by atoms with Gasteiger partial charge < -0.3 is 0 Å². The minimum Gasteiger partial charge on any atom is -0.115 e. The molecule has 0 heterocycles. The Morgan fingerprint density at radius 2 is 1.79 bits per heavy atom. The van der Waals surface area contributed by atoms with Gasteiger partial charge in [-0.25, -0.2) is 0 Å². The summed E-state index contributed by atoms with van der Waals surface area (Å²) in [5.41, 5.74) is 9.32. The molecule has 0 spiro atoms. The Hall–Kier alpha value is -2.26. The van der Waals surface area contributed by atoms with Crippen molar-refractivity contribution in [3.63, 3.8) is 0 Å². The number of terminal acetylenes is 1. The molecule has 33 heavy (non-hydrogen) atoms. The van der Waals surface area contributed by atoms with Gasteiger partial charge in [0.2, 0.25) is 0 Å². The Balaban J connectivity index is 2.05. The average molecular weight is 441 g/mol. The lowest BCUT2D eigenvalue weighted by atomic mass is 9.71. The predicted octanol–water partition coefficient (Wildman–Crippen LogP) is 9.35. The number of aryl methyl sites for hydroxylation is 1. The van der Waals surface area contributed by atoms with Crippen molar-refractivity contribution in [1.82, 2.24) is 0 Å². The molecule has 176 valence electrons. The molecule has 0 bridgehead atoms. The molecule has 2 aromatic carbocycles. The molecule has 2 aromatic rings. The lowest BCUT2D eigenvalue weighted by molar-refractivity contribution is 0.276. The highest BCUT2D eigenvalue weighted by Crippen LogP contribution is 2.42. The molecule has 0 amide bonds. The van der Waals surface area contributed by atoms with E-state index >= 15 is 0 Å². The Morgan fingerprint density at radius 1 is 1.06 bits per heavy atom. The fraction of sp³-hybridized carbons (Fsp3) is 0.515. The van der Waals surface area contributed by atoms with Gasteiger partial charge in [0.15, 0.2) is 0 Å². The van der Waals surface area contributed by atoms with Crippen molar-refractivity contribution in [2.45, 2.75) is 97.8 Å². The molecule has 3 rings (SSSR count). The standard InChI is InChI=1S/C33H44/c1-8-28-20-27(15-14-25(28)6)21-31-22-30(26(7)18-23(2)3)16-17-32(31)33(19-24(4)5)29-12-10-9-11-13-29/h1,14-17,20,22,24,26,29,33H,2,9-13,18-19,21H2,3-7H3/t26-,33?/m1/s1. The summed E-state index contributed by atoms with van der Waals surface area (Å²) < 4.78 is 0. The minimum absolute atomic E-state index is 0.493. The maximum absolute atomic E-state index is 5.80. The molecule has 1 aliphatic carbocycles. The Labute approximate surface area is 203 Å². The second-order valence-corrected chi connectivity index (χ2v) is 11.1. The third-order valence-corrected chi connectivity index (χ3v) is 7.59. The van der Waals surface area contributed by atoms with Gasteiger partial charge in [0.25, 0.3) is 0 Å². The molecule has 1 saturated carbocycles. The summed E-state index contributed by atoms with van der Waals surface area (Å²) >= 11 is 0. The van der Waals surface area contributed by atoms with E-state index in [0.29, 0.717) is 17.8 Å². The van der Waals surface area contributed by atoms with Crippen LogP contribution in [0, 0.1) is 31.1 Å². The normalized spacial score (nSPS) is 16.4. The Morgan fingerprint density at radius 3 is 2.42 bits per heavy atom. The van der Waals surface area contributed by atoms with Crippen molar-refractivity contribution in [3.8, 4) is 12.3 Å². The third-order valence-electron chi connectivity index (χ3n) is 7.59. The zero-order valence-corrected chi connectivity index (χ0v) is 21.7. The topological polar surface area (TPSA) is 0 Å². The van der Waals surface area contributed by atoms with Crippen LogP contribution in [0.1, 0.15) is 118 Å². The van der Waals surface area contributed by atoms with E-state index in [4.69, 9.17) is 6.42 Å². The number of benzene rings is 2. The van der Waals surface area contributed by atoms with E-state index in [-0.39, 0.29) is 0 Å². The van der Waals surface area contributed by atoms with E-state index in [1.807, 2.05) is 0 Å². The third kappa shape index (κ3) is 6.86. The van der Waals surface area contributed by atoms with Crippen molar-refractivity contribution >= 4 is 0 Å². The van der Waals surface area contributed by atoms with Crippen LogP contribution in [-0.4, -0.2) is 0 Å². The molecule has 0 saturated heterocycles. The quantitative estimate of drug-likeness (QED) is 0.269. The molecule has 0 N–H and O–H groups in total. The zero-order valence-electron chi connectivity index (χ0n) is 21.7. The van der Waals surface area contributed by atoms with Gasteiger partial charge in [-0.05, 0) is 104 Å². The maximum atomic E-state index is 5.80. The molecule has 1 fully saturated rings. The van der Waals surface area contributed by atoms with Crippen LogP contribution in [0.15, 0.2) is 48.6 Å². The fourth-order valence-electron chi connectivity index (χ4n) is 5.86. The second kappa shape index (κ2) is 11.7. The summed E-state index contributed by atoms with van der Waals surface area (Å²) in [4.78, 5) is 0. The van der Waals surface area contributed by atoms with Gasteiger partial charge in [0.05, 0.1) is 0 Å². The summed E-state index contributed by atoms with van der Waals surface area (Å²) in [6.07, 6.45) is 16.0. The first-order chi connectivity index (χ1) is 15.8. The summed E-state index contributed by atoms with van der Waals surface area (Å²) in [6, 6.07) is 14.1. The van der Waals surface area contributed by atoms with E-state index < -0.39 is 0 Å². The predicted molar refractivity (Wildman–Crippen MR) is 145 cm³/mol. The van der Waals surface area contributed by atoms with Crippen molar-refractivity contribution in [3.05, 3.63) is 81.9 Å². The molecular formula is C33H44. The van der Waals surface area contributed by atoms with Crippen LogP contribution in [0.3, 0.4) is 0 Å². The van der Waals surface area contributed by atoms with Crippen LogP contribution in [0.2, 0.25) is 0 Å². The van der Waals surface area contributed by atoms with E-state index in [2.05, 4.69) is 83.5 Å². The molecule has 2 atom stereocenters. The van der Waals surface area contributed by atoms with Crippen LogP contribution in [0.4, 0.5) is 0 Å². The van der Waals surface area contributed by atoms with Gasteiger partial charge in [-0.2, -0.15) is 0 Å². The van der Waals surface area contributed by atoms with Crippen LogP contribution in [0.5, 0.6) is 0 Å². The SMILES string of the molecule is C#Cc1cc(Cc2cc([C@H](C)CC(=C)C)ccc2C(CC(C)C)C2CCCCC2)ccc1C. The van der Waals surface area contributed by atoms with Crippen molar-refractivity contribution < 1.29 is 0 Å². The van der Waals surface area contributed by atoms with Crippen molar-refractivity contribution in [2.75, 3.05) is 0 Å². The number of hydrogen-bond donors (Lipinski definition) is 0. The van der Waals surface area contributed by atoms with Gasteiger partial charge in [-0.15, -0.1) is 13.0 Å². The van der Waals surface area contributed by atoms with E-state index in [1.165, 1.54) is 66.4 Å². The summed E-state index contributed by atoms with van der Waals surface area (Å²) in [5.74, 6) is 5.55. The van der Waals surface area contributed by atoms with Gasteiger partial charge in [0.1, 0.15) is 0 Å². The van der Waals surface area contributed by atoms with Gasteiger partial charge in [-0.1, -0.05) is 81.9 Å². The summed E-state index contributed by atoms with van der Waals surface area (Å²) in [6.45, 7) is 15.5. The highest BCUT2D eigenvalue weighted by molar-refractivity contribution is 5.45. The molecule has 1 unspecified atom stereocenters. The molecule has 0 aromatic heterocycles. The molecule has 1 aliphatic rings. The van der Waals surface area contributed by atoms with Crippen LogP contribution in [-0.2, 0) is 6.42 Å². The number of rotatable bonds is 9. The highest BCUT2D eigenvalue weighted by Gasteiger charge is 2.28. The minimum atomic E-state index is 0.493. The molecule has 0 aliphatic heterocycles. The van der Waals surface area contributed by atoms with Crippen molar-refractivity contribution in [2.24, 2.45) is 11.8 Å². The molecule has 0 radical (unpaired) electrons. The van der Waals surface area contributed by atoms with Gasteiger partial charge >= 0.3 is 0 Å². The van der Waals surface area contributed by atoms with Crippen LogP contribution in [0.25, 0.3) is 0 Å². The smallest absolute Gasteiger partial charge is 0.0274 e. The highest BCUT2D eigenvalue weighted by atomic mass is 14.3. The van der Waals surface area contributed by atoms with Crippen LogP contribution >= 0.6 is 0 Å². The van der Waals surface area contributed by atoms with Gasteiger partial charge in [0, 0.05) is 5.56 Å². The van der Waals surface area contributed by atoms with Crippen molar-refractivity contribution in [1.29, 1.82) is 0 Å². The van der Waals surface area contributed by atoms with Crippen LogP contribution < -0.4 is 0 Å². The fourth-order valence-corrected chi connectivity index (χ4v) is 5.86. The monoisotopic (exact) mass is 440 g/mol. The lowest BCUT2D eigenvalue weighted by Gasteiger charge is -2.33. The largest absolute Gasteiger partial charge is 0.115 e. The Bertz CT molecular complexity index is 978. The van der Waals surface area contributed by atoms with E-state index in [1.54, 1.807) is 5.56 Å². The first-order valence-corrected chi connectivity index (χ1v) is 13.1. The molecule has 0 heteroatoms. The maximum Gasteiger partial charge on any atom is 0.0274 e. The first kappa shape index (κ1) is 25.4. The molecule has 0 nitrogen and oxygen atoms in total. The molecular weight excluding hydrogens is 396 g/mol. The number of hydrogen-bond acceptors (Lipinski definition) is 0. The lowest BCUT2D eigenvalue weighted by Crippen LogP contribution is -2.20. The second-order valence-electron chi connectivity index (χ2n) is 11.1. The Kier molecular flexibility index (Phi) is 9.02. The summed E-state index contributed by atoms with van der Waals surface area (Å²) in [5, 5.41) is 0. The van der Waals surface area contributed by atoms with E-state index in [9.17, 15) is 0 Å². The zero-order chi connectivity index (χ0) is 24.0. The van der Waals surface area contributed by atoms with Gasteiger partial charge in [-0.3, -0.25) is 0 Å². The average Bonchev–Trinajstić information content (AvgIpc) is 2.79.